The molecule has 0 saturated heterocycles. The number of ether oxygens (including phenoxy) is 1. The molecule has 5 nitrogen and oxygen atoms in total. The SMILES string of the molecule is COCCNCCNC(=O)Cc1c[nH]c2ccccc12. The summed E-state index contributed by atoms with van der Waals surface area (Å²) in [5, 5.41) is 7.20. The minimum atomic E-state index is 0.0447. The average Bonchev–Trinajstić information content (AvgIpc) is 2.86. The second-order valence-electron chi connectivity index (χ2n) is 4.63. The average molecular weight is 275 g/mol. The standard InChI is InChI=1S/C15H21N3O2/c1-20-9-8-16-6-7-17-15(19)10-12-11-18-14-5-3-2-4-13(12)14/h2-5,11,16,18H,6-10H2,1H3,(H,17,19). The number of hydrogen-bond acceptors (Lipinski definition) is 3. The third-order valence-electron chi connectivity index (χ3n) is 3.13. The lowest BCUT2D eigenvalue weighted by molar-refractivity contribution is -0.120. The molecule has 0 aliphatic carbocycles. The third-order valence-corrected chi connectivity index (χ3v) is 3.13. The number of rotatable bonds is 8. The molecule has 1 heterocycles. The monoisotopic (exact) mass is 275 g/mol. The van der Waals surface area contributed by atoms with Gasteiger partial charge in [-0.15, -0.1) is 0 Å². The zero-order chi connectivity index (χ0) is 14.2. The Hall–Kier alpha value is -1.85. The normalized spacial score (nSPS) is 10.8. The second kappa shape index (κ2) is 7.67. The number of aromatic nitrogens is 1. The van der Waals surface area contributed by atoms with Crippen molar-refractivity contribution in [3.05, 3.63) is 36.0 Å². The van der Waals surface area contributed by atoms with E-state index in [9.17, 15) is 4.79 Å². The van der Waals surface area contributed by atoms with Gasteiger partial charge >= 0.3 is 0 Å². The summed E-state index contributed by atoms with van der Waals surface area (Å²) in [6.07, 6.45) is 2.31. The number of carbonyl (C=O) groups excluding carboxylic acids is 1. The van der Waals surface area contributed by atoms with Crippen molar-refractivity contribution in [2.45, 2.75) is 6.42 Å². The van der Waals surface area contributed by atoms with Crippen molar-refractivity contribution in [1.82, 2.24) is 15.6 Å². The minimum absolute atomic E-state index is 0.0447. The Labute approximate surface area is 118 Å². The molecule has 0 radical (unpaired) electrons. The molecular weight excluding hydrogens is 254 g/mol. The van der Waals surface area contributed by atoms with Crippen molar-refractivity contribution in [3.8, 4) is 0 Å². The van der Waals surface area contributed by atoms with Gasteiger partial charge in [-0.25, -0.2) is 0 Å². The first-order chi connectivity index (χ1) is 9.81. The first-order valence-electron chi connectivity index (χ1n) is 6.82. The van der Waals surface area contributed by atoms with Crippen molar-refractivity contribution in [2.75, 3.05) is 33.4 Å². The summed E-state index contributed by atoms with van der Waals surface area (Å²) in [4.78, 5) is 15.0. The Morgan fingerprint density at radius 2 is 2.10 bits per heavy atom. The van der Waals surface area contributed by atoms with E-state index in [-0.39, 0.29) is 5.91 Å². The van der Waals surface area contributed by atoms with Crippen LogP contribution in [0.2, 0.25) is 0 Å². The molecule has 0 fully saturated rings. The van der Waals surface area contributed by atoms with Crippen molar-refractivity contribution in [1.29, 1.82) is 0 Å². The maximum atomic E-state index is 11.9. The van der Waals surface area contributed by atoms with E-state index < -0.39 is 0 Å². The van der Waals surface area contributed by atoms with Gasteiger partial charge in [0.25, 0.3) is 0 Å². The zero-order valence-electron chi connectivity index (χ0n) is 11.7. The number of para-hydroxylation sites is 1. The Kier molecular flexibility index (Phi) is 5.58. The van der Waals surface area contributed by atoms with Crippen molar-refractivity contribution < 1.29 is 9.53 Å². The van der Waals surface area contributed by atoms with Crippen LogP contribution in [0.4, 0.5) is 0 Å². The molecule has 1 aromatic heterocycles. The van der Waals surface area contributed by atoms with Crippen LogP contribution >= 0.6 is 0 Å². The number of carbonyl (C=O) groups is 1. The Bertz CT molecular complexity index is 551. The van der Waals surface area contributed by atoms with Gasteiger partial charge in [0.1, 0.15) is 0 Å². The summed E-state index contributed by atoms with van der Waals surface area (Å²) in [5.41, 5.74) is 2.10. The quantitative estimate of drug-likeness (QED) is 0.631. The maximum absolute atomic E-state index is 11.9. The zero-order valence-corrected chi connectivity index (χ0v) is 11.7. The molecule has 20 heavy (non-hydrogen) atoms. The fourth-order valence-corrected chi connectivity index (χ4v) is 2.10. The fraction of sp³-hybridized carbons (Fsp3) is 0.400. The Balaban J connectivity index is 1.74. The highest BCUT2D eigenvalue weighted by Crippen LogP contribution is 2.17. The van der Waals surface area contributed by atoms with Crippen molar-refractivity contribution >= 4 is 16.8 Å². The first-order valence-corrected chi connectivity index (χ1v) is 6.82. The molecular formula is C15H21N3O2. The second-order valence-corrected chi connectivity index (χ2v) is 4.63. The van der Waals surface area contributed by atoms with E-state index in [1.165, 1.54) is 0 Å². The molecule has 0 saturated carbocycles. The van der Waals surface area contributed by atoms with Crippen molar-refractivity contribution in [2.24, 2.45) is 0 Å². The van der Waals surface area contributed by atoms with E-state index in [0.717, 1.165) is 29.6 Å². The summed E-state index contributed by atoms with van der Waals surface area (Å²) >= 11 is 0. The molecule has 2 rings (SSSR count). The van der Waals surface area contributed by atoms with Crippen LogP contribution in [0.1, 0.15) is 5.56 Å². The largest absolute Gasteiger partial charge is 0.383 e. The van der Waals surface area contributed by atoms with Crippen LogP contribution in [0.15, 0.2) is 30.5 Å². The lowest BCUT2D eigenvalue weighted by atomic mass is 10.1. The predicted octanol–water partition coefficient (Wildman–Crippen LogP) is 1.06. The minimum Gasteiger partial charge on any atom is -0.383 e. The van der Waals surface area contributed by atoms with Gasteiger partial charge in [0.05, 0.1) is 13.0 Å². The van der Waals surface area contributed by atoms with E-state index in [1.807, 2.05) is 30.5 Å². The Morgan fingerprint density at radius 3 is 2.95 bits per heavy atom. The Morgan fingerprint density at radius 1 is 1.25 bits per heavy atom. The summed E-state index contributed by atoms with van der Waals surface area (Å²) in [7, 11) is 1.67. The summed E-state index contributed by atoms with van der Waals surface area (Å²) in [6, 6.07) is 8.00. The molecule has 0 bridgehead atoms. The van der Waals surface area contributed by atoms with Gasteiger partial charge in [-0.05, 0) is 11.6 Å². The van der Waals surface area contributed by atoms with Gasteiger partial charge in [0.2, 0.25) is 5.91 Å². The smallest absolute Gasteiger partial charge is 0.224 e. The van der Waals surface area contributed by atoms with E-state index in [0.29, 0.717) is 19.6 Å². The summed E-state index contributed by atoms with van der Waals surface area (Å²) in [5.74, 6) is 0.0447. The molecule has 1 amide bonds. The lowest BCUT2D eigenvalue weighted by Crippen LogP contribution is -2.33. The van der Waals surface area contributed by atoms with Gasteiger partial charge in [-0.1, -0.05) is 18.2 Å². The molecule has 0 aliphatic heterocycles. The predicted molar refractivity (Wildman–Crippen MR) is 79.8 cm³/mol. The van der Waals surface area contributed by atoms with E-state index in [4.69, 9.17) is 4.74 Å². The molecule has 0 spiro atoms. The number of aromatic amines is 1. The number of nitrogens with one attached hydrogen (secondary N) is 3. The van der Waals surface area contributed by atoms with Gasteiger partial charge < -0.3 is 20.4 Å². The number of fused-ring (bicyclic) bond motifs is 1. The van der Waals surface area contributed by atoms with Crippen LogP contribution in [0, 0.1) is 0 Å². The van der Waals surface area contributed by atoms with Gasteiger partial charge in [-0.3, -0.25) is 4.79 Å². The molecule has 2 aromatic rings. The number of benzene rings is 1. The van der Waals surface area contributed by atoms with Crippen LogP contribution < -0.4 is 10.6 Å². The fourth-order valence-electron chi connectivity index (χ4n) is 2.10. The number of amides is 1. The number of hydrogen-bond donors (Lipinski definition) is 3. The van der Waals surface area contributed by atoms with E-state index in [1.54, 1.807) is 7.11 Å². The van der Waals surface area contributed by atoms with E-state index >= 15 is 0 Å². The summed E-state index contributed by atoms with van der Waals surface area (Å²) in [6.45, 7) is 2.87. The summed E-state index contributed by atoms with van der Waals surface area (Å²) < 4.78 is 4.93. The van der Waals surface area contributed by atoms with Crippen LogP contribution in [-0.2, 0) is 16.0 Å². The van der Waals surface area contributed by atoms with Crippen LogP contribution in [0.3, 0.4) is 0 Å². The molecule has 5 heteroatoms. The highest BCUT2D eigenvalue weighted by molar-refractivity contribution is 5.88. The lowest BCUT2D eigenvalue weighted by Gasteiger charge is -2.06. The van der Waals surface area contributed by atoms with Crippen molar-refractivity contribution in [3.63, 3.8) is 0 Å². The van der Waals surface area contributed by atoms with E-state index in [2.05, 4.69) is 15.6 Å². The molecule has 0 aliphatic rings. The molecule has 0 unspecified atom stereocenters. The number of H-pyrrole nitrogens is 1. The first kappa shape index (κ1) is 14.6. The third kappa shape index (κ3) is 4.08. The highest BCUT2D eigenvalue weighted by Gasteiger charge is 2.07. The van der Waals surface area contributed by atoms with Crippen LogP contribution in [0.5, 0.6) is 0 Å². The van der Waals surface area contributed by atoms with Crippen LogP contribution in [0.25, 0.3) is 10.9 Å². The molecule has 3 N–H and O–H groups in total. The van der Waals surface area contributed by atoms with Crippen LogP contribution in [-0.4, -0.2) is 44.2 Å². The molecule has 1 aromatic carbocycles. The van der Waals surface area contributed by atoms with Gasteiger partial charge in [0, 0.05) is 43.8 Å². The maximum Gasteiger partial charge on any atom is 0.224 e. The molecule has 0 atom stereocenters. The highest BCUT2D eigenvalue weighted by atomic mass is 16.5. The number of methoxy groups -OCH3 is 1. The van der Waals surface area contributed by atoms with Gasteiger partial charge in [0.15, 0.2) is 0 Å². The topological polar surface area (TPSA) is 66.2 Å². The van der Waals surface area contributed by atoms with Gasteiger partial charge in [-0.2, -0.15) is 0 Å². The molecule has 108 valence electrons.